The summed E-state index contributed by atoms with van der Waals surface area (Å²) in [4.78, 5) is 21.0. The van der Waals surface area contributed by atoms with Crippen LogP contribution in [0.5, 0.6) is 0 Å². The maximum Gasteiger partial charge on any atom is 0.258 e. The van der Waals surface area contributed by atoms with E-state index in [0.29, 0.717) is 11.3 Å². The molecule has 0 unspecified atom stereocenters. The van der Waals surface area contributed by atoms with E-state index in [-0.39, 0.29) is 30.0 Å². The first-order valence-corrected chi connectivity index (χ1v) is 9.53. The zero-order valence-corrected chi connectivity index (χ0v) is 16.6. The second kappa shape index (κ2) is 8.28. The number of anilines is 1. The number of halogens is 1. The van der Waals surface area contributed by atoms with E-state index >= 15 is 0 Å². The van der Waals surface area contributed by atoms with Crippen molar-refractivity contribution in [3.05, 3.63) is 71.9 Å². The van der Waals surface area contributed by atoms with Crippen LogP contribution in [0.1, 0.15) is 18.1 Å². The molecule has 1 amide bonds. The van der Waals surface area contributed by atoms with Gasteiger partial charge >= 0.3 is 0 Å². The van der Waals surface area contributed by atoms with Gasteiger partial charge in [-0.05, 0) is 42.7 Å². The van der Waals surface area contributed by atoms with Gasteiger partial charge in [0, 0.05) is 17.4 Å². The predicted molar refractivity (Wildman–Crippen MR) is 110 cm³/mol. The van der Waals surface area contributed by atoms with Crippen molar-refractivity contribution in [1.82, 2.24) is 19.7 Å². The van der Waals surface area contributed by atoms with E-state index in [4.69, 9.17) is 4.52 Å². The Kier molecular flexibility index (Phi) is 5.38. The molecule has 0 saturated heterocycles. The summed E-state index contributed by atoms with van der Waals surface area (Å²) in [6.07, 6.45) is 4.03. The normalized spacial score (nSPS) is 10.9. The summed E-state index contributed by atoms with van der Waals surface area (Å²) in [6.45, 7) is 4.12. The Morgan fingerprint density at radius 3 is 2.87 bits per heavy atom. The highest BCUT2D eigenvalue weighted by Crippen LogP contribution is 2.23. The monoisotopic (exact) mass is 405 g/mol. The molecule has 30 heavy (non-hydrogen) atoms. The van der Waals surface area contributed by atoms with Gasteiger partial charge in [-0.3, -0.25) is 4.79 Å². The Labute approximate surface area is 172 Å². The van der Waals surface area contributed by atoms with Gasteiger partial charge in [-0.1, -0.05) is 36.3 Å². The van der Waals surface area contributed by atoms with E-state index in [2.05, 4.69) is 27.4 Å². The van der Waals surface area contributed by atoms with Crippen LogP contribution >= 0.6 is 0 Å². The van der Waals surface area contributed by atoms with Crippen molar-refractivity contribution in [3.8, 4) is 23.0 Å². The highest BCUT2D eigenvalue weighted by molar-refractivity contribution is 5.92. The van der Waals surface area contributed by atoms with Gasteiger partial charge in [0.1, 0.15) is 18.1 Å². The van der Waals surface area contributed by atoms with Crippen LogP contribution in [-0.2, 0) is 17.8 Å². The molecule has 0 atom stereocenters. The standard InChI is InChI=1S/C22H20FN5O2/c1-3-15-7-4-6-14(2)20(15)25-19(29)12-28-11-18(24-13-28)21-26-22(30-27-21)16-8-5-9-17(23)10-16/h4-11,13H,3,12H2,1-2H3,(H,25,29). The molecule has 0 aliphatic heterocycles. The van der Waals surface area contributed by atoms with Crippen molar-refractivity contribution in [2.45, 2.75) is 26.8 Å². The minimum Gasteiger partial charge on any atom is -0.334 e. The molecular formula is C22H20FN5O2. The lowest BCUT2D eigenvalue weighted by molar-refractivity contribution is -0.116. The molecule has 2 aromatic heterocycles. The number of aryl methyl sites for hydroxylation is 2. The summed E-state index contributed by atoms with van der Waals surface area (Å²) in [5.74, 6) is -0.0806. The van der Waals surface area contributed by atoms with Crippen LogP contribution in [0.4, 0.5) is 10.1 Å². The van der Waals surface area contributed by atoms with Crippen LogP contribution in [0.2, 0.25) is 0 Å². The van der Waals surface area contributed by atoms with Crippen LogP contribution in [0.25, 0.3) is 23.0 Å². The summed E-state index contributed by atoms with van der Waals surface area (Å²) in [6, 6.07) is 11.9. The maximum atomic E-state index is 13.4. The maximum absolute atomic E-state index is 13.4. The molecule has 4 rings (SSSR count). The molecule has 152 valence electrons. The first-order valence-electron chi connectivity index (χ1n) is 9.53. The third-order valence-electron chi connectivity index (χ3n) is 4.69. The quantitative estimate of drug-likeness (QED) is 0.518. The smallest absolute Gasteiger partial charge is 0.258 e. The highest BCUT2D eigenvalue weighted by Gasteiger charge is 2.15. The molecule has 0 saturated carbocycles. The van der Waals surface area contributed by atoms with Gasteiger partial charge in [-0.2, -0.15) is 4.98 Å². The number of nitrogens with one attached hydrogen (secondary N) is 1. The van der Waals surface area contributed by atoms with Crippen molar-refractivity contribution in [2.75, 3.05) is 5.32 Å². The van der Waals surface area contributed by atoms with Gasteiger partial charge < -0.3 is 14.4 Å². The number of aromatic nitrogens is 4. The number of nitrogens with zero attached hydrogens (tertiary/aromatic N) is 4. The molecule has 0 fully saturated rings. The van der Waals surface area contributed by atoms with E-state index in [1.807, 2.05) is 25.1 Å². The lowest BCUT2D eigenvalue weighted by Gasteiger charge is -2.13. The number of amides is 1. The lowest BCUT2D eigenvalue weighted by atomic mass is 10.1. The largest absolute Gasteiger partial charge is 0.334 e. The van der Waals surface area contributed by atoms with E-state index in [1.54, 1.807) is 22.9 Å². The van der Waals surface area contributed by atoms with E-state index in [0.717, 1.165) is 23.2 Å². The Morgan fingerprint density at radius 2 is 2.07 bits per heavy atom. The van der Waals surface area contributed by atoms with Crippen LogP contribution in [0.15, 0.2) is 59.5 Å². The molecule has 2 aromatic carbocycles. The van der Waals surface area contributed by atoms with Crippen molar-refractivity contribution >= 4 is 11.6 Å². The average molecular weight is 405 g/mol. The van der Waals surface area contributed by atoms with Crippen LogP contribution < -0.4 is 5.32 Å². The number of hydrogen-bond donors (Lipinski definition) is 1. The minimum atomic E-state index is -0.387. The second-order valence-electron chi connectivity index (χ2n) is 6.88. The van der Waals surface area contributed by atoms with Crippen molar-refractivity contribution in [3.63, 3.8) is 0 Å². The van der Waals surface area contributed by atoms with Crippen LogP contribution in [-0.4, -0.2) is 25.6 Å². The summed E-state index contributed by atoms with van der Waals surface area (Å²) < 4.78 is 20.3. The number of benzene rings is 2. The molecule has 8 heteroatoms. The average Bonchev–Trinajstić information content (AvgIpc) is 3.39. The number of hydrogen-bond acceptors (Lipinski definition) is 5. The summed E-state index contributed by atoms with van der Waals surface area (Å²) in [5.41, 5.74) is 3.90. The SMILES string of the molecule is CCc1cccc(C)c1NC(=O)Cn1cnc(-c2noc(-c3cccc(F)c3)n2)c1. The third kappa shape index (κ3) is 4.12. The fourth-order valence-corrected chi connectivity index (χ4v) is 3.18. The van der Waals surface area contributed by atoms with Crippen LogP contribution in [0.3, 0.4) is 0 Å². The molecule has 1 N–H and O–H groups in total. The van der Waals surface area contributed by atoms with E-state index in [1.165, 1.54) is 18.5 Å². The zero-order chi connectivity index (χ0) is 21.1. The first-order chi connectivity index (χ1) is 14.5. The van der Waals surface area contributed by atoms with Gasteiger partial charge in [0.15, 0.2) is 0 Å². The molecule has 0 spiro atoms. The molecule has 4 aromatic rings. The molecule has 7 nitrogen and oxygen atoms in total. The second-order valence-corrected chi connectivity index (χ2v) is 6.88. The summed E-state index contributed by atoms with van der Waals surface area (Å²) in [5, 5.41) is 6.89. The Morgan fingerprint density at radius 1 is 1.23 bits per heavy atom. The highest BCUT2D eigenvalue weighted by atomic mass is 19.1. The van der Waals surface area contributed by atoms with Gasteiger partial charge in [-0.15, -0.1) is 0 Å². The number of imidazole rings is 1. The topological polar surface area (TPSA) is 85.8 Å². The van der Waals surface area contributed by atoms with E-state index < -0.39 is 0 Å². The minimum absolute atomic E-state index is 0.0963. The van der Waals surface area contributed by atoms with Crippen molar-refractivity contribution in [2.24, 2.45) is 0 Å². The number of carbonyl (C=O) groups is 1. The zero-order valence-electron chi connectivity index (χ0n) is 16.6. The Balaban J connectivity index is 1.47. The van der Waals surface area contributed by atoms with E-state index in [9.17, 15) is 9.18 Å². The summed E-state index contributed by atoms with van der Waals surface area (Å²) in [7, 11) is 0. The van der Waals surface area contributed by atoms with Crippen molar-refractivity contribution < 1.29 is 13.7 Å². The summed E-state index contributed by atoms with van der Waals surface area (Å²) >= 11 is 0. The Bertz CT molecular complexity index is 1200. The van der Waals surface area contributed by atoms with Gasteiger partial charge in [0.2, 0.25) is 11.7 Å². The molecule has 2 heterocycles. The fourth-order valence-electron chi connectivity index (χ4n) is 3.18. The predicted octanol–water partition coefficient (Wildman–Crippen LogP) is 4.25. The molecule has 0 aliphatic rings. The number of para-hydroxylation sites is 1. The van der Waals surface area contributed by atoms with Crippen molar-refractivity contribution in [1.29, 1.82) is 0 Å². The number of carbonyl (C=O) groups excluding carboxylic acids is 1. The third-order valence-corrected chi connectivity index (χ3v) is 4.69. The molecule has 0 radical (unpaired) electrons. The van der Waals surface area contributed by atoms with Gasteiger partial charge in [0.25, 0.3) is 5.89 Å². The molecule has 0 bridgehead atoms. The Hall–Kier alpha value is -3.81. The first kappa shape index (κ1) is 19.5. The van der Waals surface area contributed by atoms with Crippen LogP contribution in [0, 0.1) is 12.7 Å². The molecule has 0 aliphatic carbocycles. The van der Waals surface area contributed by atoms with Gasteiger partial charge in [0.05, 0.1) is 6.33 Å². The number of rotatable bonds is 6. The fraction of sp³-hybridized carbons (Fsp3) is 0.182. The molecular weight excluding hydrogens is 385 g/mol. The van der Waals surface area contributed by atoms with Gasteiger partial charge in [-0.25, -0.2) is 9.37 Å². The lowest BCUT2D eigenvalue weighted by Crippen LogP contribution is -2.19.